The number of ether oxygens (including phenoxy) is 2. The molecule has 0 atom stereocenters. The van der Waals surface area contributed by atoms with Crippen molar-refractivity contribution >= 4 is 12.2 Å². The van der Waals surface area contributed by atoms with Gasteiger partial charge in [-0.1, -0.05) is 12.1 Å². The monoisotopic (exact) mass is 412 g/mol. The first-order valence-electron chi connectivity index (χ1n) is 9.62. The Morgan fingerprint density at radius 3 is 1.76 bits per heavy atom. The predicted molar refractivity (Wildman–Crippen MR) is 108 cm³/mol. The molecule has 0 fully saturated rings. The average Bonchev–Trinajstić information content (AvgIpc) is 2.55. The maximum absolute atomic E-state index is 13.2. The molecule has 0 unspecified atom stereocenters. The summed E-state index contributed by atoms with van der Waals surface area (Å²) in [5, 5.41) is 9.28. The number of halogens is 1. The maximum Gasteiger partial charge on any atom is 0.410 e. The number of amides is 2. The highest BCUT2D eigenvalue weighted by atomic mass is 19.1. The quantitative estimate of drug-likeness (QED) is 0.737. The van der Waals surface area contributed by atoms with E-state index in [1.165, 1.54) is 21.9 Å². The number of aliphatic hydroxyl groups is 1. The van der Waals surface area contributed by atoms with Gasteiger partial charge in [-0.3, -0.25) is 0 Å². The molecule has 0 bridgehead atoms. The van der Waals surface area contributed by atoms with Crippen LogP contribution >= 0.6 is 0 Å². The fraction of sp³-hybridized carbons (Fsp3) is 0.619. The lowest BCUT2D eigenvalue weighted by Crippen LogP contribution is -2.45. The first kappa shape index (κ1) is 24.7. The second-order valence-corrected chi connectivity index (χ2v) is 8.72. The van der Waals surface area contributed by atoms with Gasteiger partial charge in [0.2, 0.25) is 0 Å². The van der Waals surface area contributed by atoms with Crippen LogP contribution in [0.2, 0.25) is 0 Å². The van der Waals surface area contributed by atoms with E-state index in [4.69, 9.17) is 9.47 Å². The van der Waals surface area contributed by atoms with Crippen molar-refractivity contribution in [3.05, 3.63) is 35.6 Å². The minimum Gasteiger partial charge on any atom is -0.444 e. The van der Waals surface area contributed by atoms with Gasteiger partial charge in [0.25, 0.3) is 0 Å². The third-order valence-electron chi connectivity index (χ3n) is 3.60. The molecule has 0 heterocycles. The van der Waals surface area contributed by atoms with Gasteiger partial charge in [-0.15, -0.1) is 0 Å². The second-order valence-electron chi connectivity index (χ2n) is 8.72. The molecule has 1 aromatic carbocycles. The summed E-state index contributed by atoms with van der Waals surface area (Å²) in [7, 11) is 0. The fourth-order valence-corrected chi connectivity index (χ4v) is 2.35. The van der Waals surface area contributed by atoms with Crippen molar-refractivity contribution in [3.63, 3.8) is 0 Å². The molecule has 0 saturated carbocycles. The van der Waals surface area contributed by atoms with Gasteiger partial charge >= 0.3 is 12.2 Å². The molecule has 0 aromatic heterocycles. The summed E-state index contributed by atoms with van der Waals surface area (Å²) in [6.45, 7) is 10.9. The van der Waals surface area contributed by atoms with Crippen molar-refractivity contribution in [3.8, 4) is 0 Å². The van der Waals surface area contributed by atoms with Gasteiger partial charge in [0.1, 0.15) is 17.0 Å². The number of benzene rings is 1. The Labute approximate surface area is 172 Å². The van der Waals surface area contributed by atoms with Gasteiger partial charge in [-0.05, 0) is 59.2 Å². The standard InChI is InChI=1S/C21H33FN2O5/c1-20(2,3)28-18(26)23(13-14-25)11-12-24(19(27)29-21(4,5)6)15-16-7-9-17(22)10-8-16/h7-10,25H,11-15H2,1-6H3. The van der Waals surface area contributed by atoms with Gasteiger partial charge < -0.3 is 24.4 Å². The normalized spacial score (nSPS) is 11.7. The van der Waals surface area contributed by atoms with Crippen molar-refractivity contribution in [2.75, 3.05) is 26.2 Å². The average molecular weight is 413 g/mol. The van der Waals surface area contributed by atoms with Gasteiger partial charge in [-0.25, -0.2) is 14.0 Å². The van der Waals surface area contributed by atoms with E-state index in [-0.39, 0.29) is 38.6 Å². The van der Waals surface area contributed by atoms with E-state index >= 15 is 0 Å². The van der Waals surface area contributed by atoms with Crippen molar-refractivity contribution < 1.29 is 28.6 Å². The summed E-state index contributed by atoms with van der Waals surface area (Å²) in [5.41, 5.74) is -0.638. The molecular formula is C21H33FN2O5. The fourth-order valence-electron chi connectivity index (χ4n) is 2.35. The molecule has 0 aliphatic heterocycles. The highest BCUT2D eigenvalue weighted by Crippen LogP contribution is 2.14. The minimum absolute atomic E-state index is 0.0770. The topological polar surface area (TPSA) is 79.3 Å². The third kappa shape index (κ3) is 10.1. The van der Waals surface area contributed by atoms with E-state index in [1.54, 1.807) is 53.7 Å². The second kappa shape index (κ2) is 10.4. The summed E-state index contributed by atoms with van der Waals surface area (Å²) >= 11 is 0. The van der Waals surface area contributed by atoms with Crippen LogP contribution in [0.15, 0.2) is 24.3 Å². The van der Waals surface area contributed by atoms with Crippen molar-refractivity contribution in [2.24, 2.45) is 0 Å². The highest BCUT2D eigenvalue weighted by Gasteiger charge is 2.26. The molecule has 2 amide bonds. The zero-order valence-electron chi connectivity index (χ0n) is 18.2. The van der Waals surface area contributed by atoms with Crippen LogP contribution in [-0.4, -0.2) is 64.5 Å². The van der Waals surface area contributed by atoms with Crippen LogP contribution < -0.4 is 0 Å². The molecule has 8 heteroatoms. The lowest BCUT2D eigenvalue weighted by atomic mass is 10.2. The molecule has 0 aliphatic rings. The molecule has 164 valence electrons. The minimum atomic E-state index is -0.686. The molecule has 7 nitrogen and oxygen atoms in total. The van der Waals surface area contributed by atoms with Crippen LogP contribution in [0.4, 0.5) is 14.0 Å². The van der Waals surface area contributed by atoms with Crippen LogP contribution in [-0.2, 0) is 16.0 Å². The highest BCUT2D eigenvalue weighted by molar-refractivity contribution is 5.69. The molecular weight excluding hydrogens is 379 g/mol. The molecule has 1 aromatic rings. The molecule has 0 aliphatic carbocycles. The molecule has 0 saturated heterocycles. The number of rotatable bonds is 7. The SMILES string of the molecule is CC(C)(C)OC(=O)N(CCO)CCN(Cc1ccc(F)cc1)C(=O)OC(C)(C)C. The number of carbonyl (C=O) groups is 2. The van der Waals surface area contributed by atoms with Gasteiger partial charge in [0.15, 0.2) is 0 Å². The molecule has 0 radical (unpaired) electrons. The summed E-state index contributed by atoms with van der Waals surface area (Å²) in [5.74, 6) is -0.364. The van der Waals surface area contributed by atoms with E-state index in [0.717, 1.165) is 5.56 Å². The van der Waals surface area contributed by atoms with E-state index in [0.29, 0.717) is 0 Å². The summed E-state index contributed by atoms with van der Waals surface area (Å²) in [4.78, 5) is 27.8. The van der Waals surface area contributed by atoms with Crippen molar-refractivity contribution in [1.82, 2.24) is 9.80 Å². The Morgan fingerprint density at radius 2 is 1.31 bits per heavy atom. The van der Waals surface area contributed by atoms with Crippen LogP contribution in [0, 0.1) is 5.82 Å². The number of aliphatic hydroxyl groups excluding tert-OH is 1. The first-order chi connectivity index (χ1) is 13.3. The Hall–Kier alpha value is -2.35. The van der Waals surface area contributed by atoms with Crippen molar-refractivity contribution in [2.45, 2.75) is 59.3 Å². The number of carbonyl (C=O) groups excluding carboxylic acids is 2. The largest absolute Gasteiger partial charge is 0.444 e. The number of hydrogen-bond acceptors (Lipinski definition) is 5. The summed E-state index contributed by atoms with van der Waals surface area (Å²) < 4.78 is 24.0. The van der Waals surface area contributed by atoms with Crippen LogP contribution in [0.5, 0.6) is 0 Å². The van der Waals surface area contributed by atoms with E-state index in [2.05, 4.69) is 0 Å². The van der Waals surface area contributed by atoms with Gasteiger partial charge in [0.05, 0.1) is 6.61 Å². The first-order valence-corrected chi connectivity index (χ1v) is 9.62. The molecule has 0 spiro atoms. The van der Waals surface area contributed by atoms with Crippen LogP contribution in [0.1, 0.15) is 47.1 Å². The summed E-state index contributed by atoms with van der Waals surface area (Å²) in [6, 6.07) is 5.82. The summed E-state index contributed by atoms with van der Waals surface area (Å²) in [6.07, 6.45) is -1.12. The zero-order chi connectivity index (χ0) is 22.2. The predicted octanol–water partition coefficient (Wildman–Crippen LogP) is 3.79. The van der Waals surface area contributed by atoms with E-state index in [9.17, 15) is 19.1 Å². The smallest absolute Gasteiger partial charge is 0.410 e. The van der Waals surface area contributed by atoms with Crippen molar-refractivity contribution in [1.29, 1.82) is 0 Å². The van der Waals surface area contributed by atoms with E-state index in [1.807, 2.05) is 0 Å². The molecule has 29 heavy (non-hydrogen) atoms. The Balaban J connectivity index is 2.91. The Bertz CT molecular complexity index is 665. The van der Waals surface area contributed by atoms with E-state index < -0.39 is 23.4 Å². The number of nitrogens with zero attached hydrogens (tertiary/aromatic N) is 2. The molecule has 1 N–H and O–H groups in total. The zero-order valence-corrected chi connectivity index (χ0v) is 18.2. The lowest BCUT2D eigenvalue weighted by Gasteiger charge is -2.31. The Kier molecular flexibility index (Phi) is 8.88. The maximum atomic E-state index is 13.2. The van der Waals surface area contributed by atoms with Gasteiger partial charge in [-0.2, -0.15) is 0 Å². The number of hydrogen-bond donors (Lipinski definition) is 1. The van der Waals surface area contributed by atoms with Crippen LogP contribution in [0.3, 0.4) is 0 Å². The third-order valence-corrected chi connectivity index (χ3v) is 3.60. The Morgan fingerprint density at radius 1 is 0.862 bits per heavy atom. The van der Waals surface area contributed by atoms with Gasteiger partial charge in [0, 0.05) is 26.2 Å². The lowest BCUT2D eigenvalue weighted by molar-refractivity contribution is 0.0105. The van der Waals surface area contributed by atoms with Crippen LogP contribution in [0.25, 0.3) is 0 Å². The molecule has 1 rings (SSSR count).